The minimum absolute atomic E-state index is 1.07. The lowest BCUT2D eigenvalue weighted by Gasteiger charge is -2.22. The van der Waals surface area contributed by atoms with E-state index in [1.165, 1.54) is 24.0 Å². The minimum Gasteiger partial charge on any atom is -0.354 e. The molecule has 0 aliphatic carbocycles. The van der Waals surface area contributed by atoms with E-state index in [9.17, 15) is 0 Å². The van der Waals surface area contributed by atoms with Crippen LogP contribution in [0.2, 0.25) is 0 Å². The predicted octanol–water partition coefficient (Wildman–Crippen LogP) is 2.87. The number of rotatable bonds is 8. The molecule has 0 radical (unpaired) electrons. The third-order valence-corrected chi connectivity index (χ3v) is 4.16. The van der Waals surface area contributed by atoms with Gasteiger partial charge in [-0.2, -0.15) is 0 Å². The molecule has 0 N–H and O–H groups in total. The molecule has 24 heavy (non-hydrogen) atoms. The molecule has 0 saturated carbocycles. The summed E-state index contributed by atoms with van der Waals surface area (Å²) in [5, 5.41) is 0. The van der Waals surface area contributed by atoms with Gasteiger partial charge >= 0.3 is 0 Å². The monoisotopic (exact) mass is 328 g/mol. The van der Waals surface area contributed by atoms with Gasteiger partial charge in [-0.25, -0.2) is 0 Å². The number of allylic oxidation sites excluding steroid dienone is 6. The topological polar surface area (TPSA) is 13.0 Å². The third kappa shape index (κ3) is 6.38. The highest BCUT2D eigenvalue weighted by Crippen LogP contribution is 2.19. The Morgan fingerprint density at radius 3 is 1.25 bits per heavy atom. The van der Waals surface area contributed by atoms with Gasteiger partial charge in [0.1, 0.15) is 0 Å². The second-order valence-corrected chi connectivity index (χ2v) is 6.96. The molecule has 2 rings (SSSR count). The molecule has 4 nitrogen and oxygen atoms in total. The quantitative estimate of drug-likeness (QED) is 0.679. The maximum absolute atomic E-state index is 2.26. The number of hydrogen-bond donors (Lipinski definition) is 0. The SMILES string of the molecule is CN(C)CCCN1C=CC(=C2C=CN(CCCN(C)C)C=C2)C=C1. The highest BCUT2D eigenvalue weighted by molar-refractivity contribution is 5.48. The van der Waals surface area contributed by atoms with Crippen LogP contribution in [0, 0.1) is 0 Å². The molecule has 0 unspecified atom stereocenters. The molecule has 0 aromatic carbocycles. The second kappa shape index (κ2) is 9.50. The van der Waals surface area contributed by atoms with Gasteiger partial charge < -0.3 is 19.6 Å². The lowest BCUT2D eigenvalue weighted by molar-refractivity contribution is 0.368. The molecule has 0 saturated heterocycles. The average Bonchev–Trinajstić information content (AvgIpc) is 2.56. The van der Waals surface area contributed by atoms with Crippen molar-refractivity contribution in [3.8, 4) is 0 Å². The van der Waals surface area contributed by atoms with E-state index in [-0.39, 0.29) is 0 Å². The minimum atomic E-state index is 1.07. The first-order valence-corrected chi connectivity index (χ1v) is 8.82. The van der Waals surface area contributed by atoms with Gasteiger partial charge in [-0.15, -0.1) is 0 Å². The van der Waals surface area contributed by atoms with E-state index in [0.29, 0.717) is 0 Å². The van der Waals surface area contributed by atoms with Gasteiger partial charge in [-0.1, -0.05) is 0 Å². The van der Waals surface area contributed by atoms with E-state index in [4.69, 9.17) is 0 Å². The Morgan fingerprint density at radius 1 is 0.625 bits per heavy atom. The number of hydrogen-bond acceptors (Lipinski definition) is 4. The molecule has 2 aliphatic heterocycles. The van der Waals surface area contributed by atoms with Gasteiger partial charge in [0.2, 0.25) is 0 Å². The zero-order valence-electron chi connectivity index (χ0n) is 15.7. The Bertz CT molecular complexity index is 458. The van der Waals surface area contributed by atoms with Crippen LogP contribution in [0.4, 0.5) is 0 Å². The molecule has 0 atom stereocenters. The van der Waals surface area contributed by atoms with Crippen LogP contribution >= 0.6 is 0 Å². The first kappa shape index (κ1) is 18.6. The first-order valence-electron chi connectivity index (χ1n) is 8.82. The molecule has 0 fully saturated rings. The Hall–Kier alpha value is -1.78. The summed E-state index contributed by atoms with van der Waals surface area (Å²) in [7, 11) is 8.48. The van der Waals surface area contributed by atoms with E-state index in [1.807, 2.05) is 0 Å². The van der Waals surface area contributed by atoms with Crippen molar-refractivity contribution < 1.29 is 0 Å². The van der Waals surface area contributed by atoms with E-state index in [1.54, 1.807) is 0 Å². The average molecular weight is 329 g/mol. The van der Waals surface area contributed by atoms with E-state index < -0.39 is 0 Å². The summed E-state index contributed by atoms with van der Waals surface area (Å²) in [6.07, 6.45) is 19.9. The summed E-state index contributed by atoms with van der Waals surface area (Å²) >= 11 is 0. The lowest BCUT2D eigenvalue weighted by atomic mass is 10.0. The fourth-order valence-electron chi connectivity index (χ4n) is 2.74. The second-order valence-electron chi connectivity index (χ2n) is 6.96. The normalized spacial score (nSPS) is 17.1. The van der Waals surface area contributed by atoms with Crippen LogP contribution in [0.25, 0.3) is 0 Å². The number of nitrogens with zero attached hydrogens (tertiary/aromatic N) is 4. The molecule has 0 spiro atoms. The van der Waals surface area contributed by atoms with Crippen molar-refractivity contribution in [3.05, 3.63) is 60.3 Å². The van der Waals surface area contributed by atoms with E-state index in [0.717, 1.165) is 26.2 Å². The van der Waals surface area contributed by atoms with Crippen LogP contribution < -0.4 is 0 Å². The van der Waals surface area contributed by atoms with Crippen molar-refractivity contribution in [1.29, 1.82) is 0 Å². The van der Waals surface area contributed by atoms with Crippen LogP contribution in [0.1, 0.15) is 12.8 Å². The Kier molecular flexibility index (Phi) is 7.35. The summed E-state index contributed by atoms with van der Waals surface area (Å²) in [6, 6.07) is 0. The smallest absolute Gasteiger partial charge is 0.0231 e. The molecule has 0 aromatic heterocycles. The summed E-state index contributed by atoms with van der Waals surface area (Å²) in [5.74, 6) is 0. The summed E-state index contributed by atoms with van der Waals surface area (Å²) in [5.41, 5.74) is 2.55. The fourth-order valence-corrected chi connectivity index (χ4v) is 2.74. The standard InChI is InChI=1S/C20H32N4/c1-21(2)11-5-13-23-15-7-19(8-16-23)20-9-17-24(18-10-20)14-6-12-22(3)4/h7-10,15-18H,5-6,11-14H2,1-4H3. The van der Waals surface area contributed by atoms with Crippen LogP contribution in [0.3, 0.4) is 0 Å². The van der Waals surface area contributed by atoms with Crippen molar-refractivity contribution >= 4 is 0 Å². The molecule has 0 amide bonds. The maximum Gasteiger partial charge on any atom is 0.0231 e. The van der Waals surface area contributed by atoms with Gasteiger partial charge in [0.15, 0.2) is 0 Å². The van der Waals surface area contributed by atoms with Gasteiger partial charge in [0.05, 0.1) is 0 Å². The van der Waals surface area contributed by atoms with Crippen molar-refractivity contribution in [2.75, 3.05) is 54.4 Å². The van der Waals surface area contributed by atoms with E-state index in [2.05, 4.69) is 96.9 Å². The summed E-state index contributed by atoms with van der Waals surface area (Å²) in [6.45, 7) is 4.39. The highest BCUT2D eigenvalue weighted by Gasteiger charge is 2.07. The summed E-state index contributed by atoms with van der Waals surface area (Å²) in [4.78, 5) is 8.98. The van der Waals surface area contributed by atoms with Gasteiger partial charge in [0, 0.05) is 37.9 Å². The third-order valence-electron chi connectivity index (χ3n) is 4.16. The Balaban J connectivity index is 1.81. The molecule has 0 bridgehead atoms. The molecular weight excluding hydrogens is 296 g/mol. The maximum atomic E-state index is 2.26. The zero-order chi connectivity index (χ0) is 17.4. The Morgan fingerprint density at radius 2 is 0.958 bits per heavy atom. The van der Waals surface area contributed by atoms with E-state index >= 15 is 0 Å². The fraction of sp³-hybridized carbons (Fsp3) is 0.500. The van der Waals surface area contributed by atoms with Crippen LogP contribution in [0.5, 0.6) is 0 Å². The van der Waals surface area contributed by atoms with Crippen molar-refractivity contribution in [3.63, 3.8) is 0 Å². The summed E-state index contributed by atoms with van der Waals surface area (Å²) < 4.78 is 0. The van der Waals surface area contributed by atoms with Crippen molar-refractivity contribution in [1.82, 2.24) is 19.6 Å². The van der Waals surface area contributed by atoms with Gasteiger partial charge in [-0.3, -0.25) is 0 Å². The molecular formula is C20H32N4. The molecule has 132 valence electrons. The van der Waals surface area contributed by atoms with Gasteiger partial charge in [-0.05, 0) is 89.6 Å². The highest BCUT2D eigenvalue weighted by atomic mass is 15.1. The van der Waals surface area contributed by atoms with Crippen LogP contribution in [-0.4, -0.2) is 74.0 Å². The molecule has 0 aromatic rings. The largest absolute Gasteiger partial charge is 0.354 e. The lowest BCUT2D eigenvalue weighted by Crippen LogP contribution is -2.21. The predicted molar refractivity (Wildman–Crippen MR) is 103 cm³/mol. The zero-order valence-corrected chi connectivity index (χ0v) is 15.7. The molecule has 4 heteroatoms. The van der Waals surface area contributed by atoms with Crippen LogP contribution in [-0.2, 0) is 0 Å². The first-order chi connectivity index (χ1) is 11.5. The Labute approximate surface area is 147 Å². The molecule has 2 aliphatic rings. The van der Waals surface area contributed by atoms with Crippen LogP contribution in [0.15, 0.2) is 60.3 Å². The molecule has 2 heterocycles. The van der Waals surface area contributed by atoms with Crippen molar-refractivity contribution in [2.24, 2.45) is 0 Å². The van der Waals surface area contributed by atoms with Gasteiger partial charge in [0.25, 0.3) is 0 Å². The van der Waals surface area contributed by atoms with Crippen molar-refractivity contribution in [2.45, 2.75) is 12.8 Å².